The Morgan fingerprint density at radius 2 is 1.63 bits per heavy atom. The number of halogens is 1. The Labute approximate surface area is 175 Å². The molecule has 5 nitrogen and oxygen atoms in total. The number of para-hydroxylation sites is 2. The summed E-state index contributed by atoms with van der Waals surface area (Å²) >= 11 is 0. The zero-order valence-corrected chi connectivity index (χ0v) is 16.8. The lowest BCUT2D eigenvalue weighted by Crippen LogP contribution is -2.37. The van der Waals surface area contributed by atoms with Crippen LogP contribution in [0.25, 0.3) is 0 Å². The van der Waals surface area contributed by atoms with Crippen molar-refractivity contribution in [1.82, 2.24) is 5.32 Å². The SMILES string of the molecule is COc1ccccc1OCc1ccccc1C(=O)NC(C)C(O)c1ccc(F)cc1. The van der Waals surface area contributed by atoms with Gasteiger partial charge in [-0.2, -0.15) is 0 Å². The molecule has 0 heterocycles. The number of nitrogens with one attached hydrogen (secondary N) is 1. The fourth-order valence-corrected chi connectivity index (χ4v) is 3.07. The highest BCUT2D eigenvalue weighted by Gasteiger charge is 2.21. The van der Waals surface area contributed by atoms with Crippen LogP contribution in [0, 0.1) is 5.82 Å². The lowest BCUT2D eigenvalue weighted by Gasteiger charge is -2.21. The van der Waals surface area contributed by atoms with Crippen LogP contribution in [0.5, 0.6) is 11.5 Å². The predicted molar refractivity (Wildman–Crippen MR) is 112 cm³/mol. The first-order valence-electron chi connectivity index (χ1n) is 9.57. The average molecular weight is 409 g/mol. The standard InChI is InChI=1S/C24H24FNO4/c1-16(23(27)17-11-13-19(25)14-12-17)26-24(28)20-8-4-3-7-18(20)15-30-22-10-6-5-9-21(22)29-2/h3-14,16,23,27H,15H2,1-2H3,(H,26,28). The number of aliphatic hydroxyl groups is 1. The van der Waals surface area contributed by atoms with E-state index in [1.165, 1.54) is 24.3 Å². The number of amides is 1. The van der Waals surface area contributed by atoms with Gasteiger partial charge in [0.05, 0.1) is 19.3 Å². The van der Waals surface area contributed by atoms with Crippen LogP contribution in [-0.2, 0) is 6.61 Å². The van der Waals surface area contributed by atoms with Crippen molar-refractivity contribution in [2.75, 3.05) is 7.11 Å². The molecule has 3 aromatic carbocycles. The average Bonchev–Trinajstić information content (AvgIpc) is 2.78. The van der Waals surface area contributed by atoms with Crippen LogP contribution in [-0.4, -0.2) is 24.2 Å². The quantitative estimate of drug-likeness (QED) is 0.583. The Hall–Kier alpha value is -3.38. The molecular formula is C24H24FNO4. The summed E-state index contributed by atoms with van der Waals surface area (Å²) in [7, 11) is 1.57. The minimum atomic E-state index is -0.966. The normalized spacial score (nSPS) is 12.7. The van der Waals surface area contributed by atoms with Crippen molar-refractivity contribution in [2.45, 2.75) is 25.7 Å². The summed E-state index contributed by atoms with van der Waals surface area (Å²) in [4.78, 5) is 12.8. The molecule has 0 spiro atoms. The molecule has 0 radical (unpaired) electrons. The molecule has 2 N–H and O–H groups in total. The molecule has 0 aliphatic heterocycles. The Kier molecular flexibility index (Phi) is 7.03. The molecular weight excluding hydrogens is 385 g/mol. The van der Waals surface area contributed by atoms with Crippen LogP contribution in [0.2, 0.25) is 0 Å². The van der Waals surface area contributed by atoms with Gasteiger partial charge in [-0.05, 0) is 42.8 Å². The van der Waals surface area contributed by atoms with Gasteiger partial charge in [-0.3, -0.25) is 4.79 Å². The molecule has 0 bridgehead atoms. The fourth-order valence-electron chi connectivity index (χ4n) is 3.07. The first-order chi connectivity index (χ1) is 14.5. The van der Waals surface area contributed by atoms with E-state index >= 15 is 0 Å². The minimum Gasteiger partial charge on any atom is -0.493 e. The van der Waals surface area contributed by atoms with E-state index in [-0.39, 0.29) is 18.3 Å². The van der Waals surface area contributed by atoms with Gasteiger partial charge in [-0.25, -0.2) is 4.39 Å². The van der Waals surface area contributed by atoms with Gasteiger partial charge in [0.15, 0.2) is 11.5 Å². The van der Waals surface area contributed by atoms with Gasteiger partial charge in [-0.1, -0.05) is 42.5 Å². The van der Waals surface area contributed by atoms with Crippen molar-refractivity contribution >= 4 is 5.91 Å². The molecule has 0 aromatic heterocycles. The summed E-state index contributed by atoms with van der Waals surface area (Å²) in [6.45, 7) is 1.87. The van der Waals surface area contributed by atoms with E-state index in [1.54, 1.807) is 38.3 Å². The zero-order valence-electron chi connectivity index (χ0n) is 16.8. The van der Waals surface area contributed by atoms with Gasteiger partial charge in [0.25, 0.3) is 5.91 Å². The molecule has 0 fully saturated rings. The molecule has 6 heteroatoms. The topological polar surface area (TPSA) is 67.8 Å². The molecule has 2 unspecified atom stereocenters. The molecule has 156 valence electrons. The van der Waals surface area contributed by atoms with Gasteiger partial charge >= 0.3 is 0 Å². The lowest BCUT2D eigenvalue weighted by atomic mass is 10.0. The fraction of sp³-hybridized carbons (Fsp3) is 0.208. The van der Waals surface area contributed by atoms with Crippen molar-refractivity contribution in [3.05, 3.63) is 95.3 Å². The summed E-state index contributed by atoms with van der Waals surface area (Å²) in [6, 6.07) is 19.4. The van der Waals surface area contributed by atoms with Crippen LogP contribution in [0.3, 0.4) is 0 Å². The molecule has 3 aromatic rings. The Morgan fingerprint density at radius 3 is 2.33 bits per heavy atom. The van der Waals surface area contributed by atoms with Gasteiger partial charge in [0, 0.05) is 11.1 Å². The van der Waals surface area contributed by atoms with E-state index in [0.717, 1.165) is 0 Å². The lowest BCUT2D eigenvalue weighted by molar-refractivity contribution is 0.0849. The highest BCUT2D eigenvalue weighted by molar-refractivity contribution is 5.95. The number of rotatable bonds is 8. The van der Waals surface area contributed by atoms with E-state index < -0.39 is 12.1 Å². The second-order valence-corrected chi connectivity index (χ2v) is 6.86. The molecule has 0 saturated heterocycles. The molecule has 0 saturated carbocycles. The van der Waals surface area contributed by atoms with Crippen molar-refractivity contribution < 1.29 is 23.8 Å². The molecule has 2 atom stereocenters. The van der Waals surface area contributed by atoms with Crippen LogP contribution in [0.15, 0.2) is 72.8 Å². The monoisotopic (exact) mass is 409 g/mol. The third-order valence-corrected chi connectivity index (χ3v) is 4.76. The van der Waals surface area contributed by atoms with E-state index in [9.17, 15) is 14.3 Å². The van der Waals surface area contributed by atoms with Crippen LogP contribution < -0.4 is 14.8 Å². The van der Waals surface area contributed by atoms with E-state index in [1.807, 2.05) is 24.3 Å². The summed E-state index contributed by atoms with van der Waals surface area (Å²) in [6.07, 6.45) is -0.966. The third-order valence-electron chi connectivity index (χ3n) is 4.76. The van der Waals surface area contributed by atoms with Gasteiger partial charge in [0.1, 0.15) is 12.4 Å². The Balaban J connectivity index is 1.69. The van der Waals surface area contributed by atoms with Crippen molar-refractivity contribution in [2.24, 2.45) is 0 Å². The maximum Gasteiger partial charge on any atom is 0.251 e. The van der Waals surface area contributed by atoms with Crippen molar-refractivity contribution in [3.63, 3.8) is 0 Å². The number of ether oxygens (including phenoxy) is 2. The first kappa shape index (κ1) is 21.3. The van der Waals surface area contributed by atoms with E-state index in [0.29, 0.717) is 28.2 Å². The van der Waals surface area contributed by atoms with Crippen LogP contribution >= 0.6 is 0 Å². The van der Waals surface area contributed by atoms with Crippen molar-refractivity contribution in [1.29, 1.82) is 0 Å². The van der Waals surface area contributed by atoms with Crippen LogP contribution in [0.1, 0.15) is 34.5 Å². The number of carbonyl (C=O) groups excluding carboxylic acids is 1. The zero-order chi connectivity index (χ0) is 21.5. The van der Waals surface area contributed by atoms with E-state index in [2.05, 4.69) is 5.32 Å². The van der Waals surface area contributed by atoms with E-state index in [4.69, 9.17) is 9.47 Å². The molecule has 3 rings (SSSR count). The molecule has 30 heavy (non-hydrogen) atoms. The highest BCUT2D eigenvalue weighted by Crippen LogP contribution is 2.27. The third kappa shape index (κ3) is 5.15. The largest absolute Gasteiger partial charge is 0.493 e. The number of aliphatic hydroxyl groups excluding tert-OH is 1. The molecule has 1 amide bonds. The van der Waals surface area contributed by atoms with Crippen LogP contribution in [0.4, 0.5) is 4.39 Å². The summed E-state index contributed by atoms with van der Waals surface area (Å²) in [5.41, 5.74) is 1.67. The second-order valence-electron chi connectivity index (χ2n) is 6.86. The predicted octanol–water partition coefficient (Wildman–Crippen LogP) is 4.27. The highest BCUT2D eigenvalue weighted by atomic mass is 19.1. The smallest absolute Gasteiger partial charge is 0.251 e. The summed E-state index contributed by atoms with van der Waals surface area (Å²) in [5, 5.41) is 13.3. The second kappa shape index (κ2) is 9.89. The van der Waals surface area contributed by atoms with Gasteiger partial charge < -0.3 is 19.9 Å². The molecule has 0 aliphatic carbocycles. The number of methoxy groups -OCH3 is 1. The maximum atomic E-state index is 13.1. The number of hydrogen-bond donors (Lipinski definition) is 2. The number of hydrogen-bond acceptors (Lipinski definition) is 4. The number of benzene rings is 3. The Bertz CT molecular complexity index is 991. The Morgan fingerprint density at radius 1 is 1.00 bits per heavy atom. The van der Waals surface area contributed by atoms with Gasteiger partial charge in [-0.15, -0.1) is 0 Å². The summed E-state index contributed by atoms with van der Waals surface area (Å²) < 4.78 is 24.2. The van der Waals surface area contributed by atoms with Gasteiger partial charge in [0.2, 0.25) is 0 Å². The maximum absolute atomic E-state index is 13.1. The molecule has 0 aliphatic rings. The summed E-state index contributed by atoms with van der Waals surface area (Å²) in [5.74, 6) is 0.472. The van der Waals surface area contributed by atoms with Crippen molar-refractivity contribution in [3.8, 4) is 11.5 Å². The minimum absolute atomic E-state index is 0.179. The number of carbonyl (C=O) groups is 1. The first-order valence-corrected chi connectivity index (χ1v) is 9.57.